The highest BCUT2D eigenvalue weighted by Crippen LogP contribution is 2.13. The van der Waals surface area contributed by atoms with Gasteiger partial charge in [0.15, 0.2) is 0 Å². The molecule has 0 bridgehead atoms. The number of esters is 1. The Labute approximate surface area is 216 Å². The Morgan fingerprint density at radius 3 is 2.61 bits per heavy atom. The minimum Gasteiger partial charge on any atom is -0.454 e. The summed E-state index contributed by atoms with van der Waals surface area (Å²) in [5.74, 6) is -1.87. The van der Waals surface area contributed by atoms with Gasteiger partial charge in [0, 0.05) is 19.2 Å². The lowest BCUT2D eigenvalue weighted by atomic mass is 10.0. The van der Waals surface area contributed by atoms with Crippen LogP contribution in [0.25, 0.3) is 0 Å². The van der Waals surface area contributed by atoms with E-state index in [2.05, 4.69) is 23.6 Å². The number of hydrogen-bond acceptors (Lipinski definition) is 5. The van der Waals surface area contributed by atoms with Crippen molar-refractivity contribution in [3.63, 3.8) is 0 Å². The van der Waals surface area contributed by atoms with Gasteiger partial charge in [0.2, 0.25) is 11.8 Å². The second-order valence-corrected chi connectivity index (χ2v) is 9.08. The van der Waals surface area contributed by atoms with E-state index in [1.54, 1.807) is 25.2 Å². The molecule has 0 saturated carbocycles. The van der Waals surface area contributed by atoms with E-state index in [0.29, 0.717) is 13.0 Å². The van der Waals surface area contributed by atoms with E-state index >= 15 is 0 Å². The molecule has 1 aliphatic rings. The standard InChI is InChI=1S/C29H44N2O5/c1-4-5-6-7-8-9-12-15-18-23(2)26-21-27(33)31-22-25(32)24(3)29(35)30-20-17-14-11-10-13-16-19-28(34)36-26/h10-16,18-19,24-26,32H,4-9,17,20-22H2,1-3H3,(H,30,35)(H,31,33)/b13-10+,14-11+,15-12+,19-16+,23-18+/t24-,25-,26+/m0/s1. The van der Waals surface area contributed by atoms with Crippen LogP contribution in [-0.4, -0.2) is 48.2 Å². The van der Waals surface area contributed by atoms with Crippen LogP contribution in [0.5, 0.6) is 0 Å². The largest absolute Gasteiger partial charge is 0.454 e. The highest BCUT2D eigenvalue weighted by Gasteiger charge is 2.24. The molecule has 0 aromatic heterocycles. The number of unbranched alkanes of at least 4 members (excludes halogenated alkanes) is 5. The van der Waals surface area contributed by atoms with Crippen molar-refractivity contribution < 1.29 is 24.2 Å². The summed E-state index contributed by atoms with van der Waals surface area (Å²) < 4.78 is 5.57. The van der Waals surface area contributed by atoms with E-state index in [0.717, 1.165) is 18.4 Å². The molecule has 2 amide bonds. The van der Waals surface area contributed by atoms with E-state index in [1.165, 1.54) is 31.8 Å². The minimum atomic E-state index is -1.03. The molecule has 36 heavy (non-hydrogen) atoms. The number of cyclic esters (lactones) is 1. The number of carbonyl (C=O) groups is 3. The predicted molar refractivity (Wildman–Crippen MR) is 144 cm³/mol. The second kappa shape index (κ2) is 19.3. The average Bonchev–Trinajstić information content (AvgIpc) is 2.86. The zero-order valence-electron chi connectivity index (χ0n) is 22.1. The molecule has 1 rings (SSSR count). The summed E-state index contributed by atoms with van der Waals surface area (Å²) >= 11 is 0. The smallest absolute Gasteiger partial charge is 0.331 e. The summed E-state index contributed by atoms with van der Waals surface area (Å²) in [5.41, 5.74) is 0.742. The Balaban J connectivity index is 2.87. The van der Waals surface area contributed by atoms with Gasteiger partial charge in [-0.1, -0.05) is 88.1 Å². The van der Waals surface area contributed by atoms with E-state index in [4.69, 9.17) is 4.74 Å². The SMILES string of the molecule is CCCCCCC/C=C/C=C(\C)[C@H]1CC(=O)NC[C@H](O)[C@H](C)C(=O)NCC/C=C/C=C/C=C/C(=O)O1. The van der Waals surface area contributed by atoms with Gasteiger partial charge in [0.05, 0.1) is 18.4 Å². The van der Waals surface area contributed by atoms with Crippen molar-refractivity contribution in [3.05, 3.63) is 60.3 Å². The molecule has 0 unspecified atom stereocenters. The van der Waals surface area contributed by atoms with Crippen molar-refractivity contribution in [2.24, 2.45) is 5.92 Å². The van der Waals surface area contributed by atoms with Crippen molar-refractivity contribution in [2.45, 2.75) is 84.3 Å². The number of allylic oxidation sites excluding steroid dienone is 7. The predicted octanol–water partition coefficient (Wildman–Crippen LogP) is 4.45. The lowest BCUT2D eigenvalue weighted by Crippen LogP contribution is -2.43. The third kappa shape index (κ3) is 14.5. The molecule has 0 radical (unpaired) electrons. The number of aliphatic hydroxyl groups excluding tert-OH is 1. The summed E-state index contributed by atoms with van der Waals surface area (Å²) in [4.78, 5) is 37.2. The molecule has 0 aromatic carbocycles. The Kier molecular flexibility index (Phi) is 16.7. The van der Waals surface area contributed by atoms with Crippen LogP contribution in [0.1, 0.15) is 72.1 Å². The number of carbonyl (C=O) groups excluding carboxylic acids is 3. The zero-order chi connectivity index (χ0) is 26.6. The fraction of sp³-hybridized carbons (Fsp3) is 0.552. The monoisotopic (exact) mass is 500 g/mol. The quantitative estimate of drug-likeness (QED) is 0.259. The molecule has 1 heterocycles. The lowest BCUT2D eigenvalue weighted by molar-refractivity contribution is -0.143. The Morgan fingerprint density at radius 1 is 1.08 bits per heavy atom. The topological polar surface area (TPSA) is 105 Å². The number of β-amino-alcohol motifs (C(OH)–C–C–N with tert-alkyl or cyclic N) is 1. The maximum absolute atomic E-state index is 12.6. The van der Waals surface area contributed by atoms with Crippen LogP contribution in [-0.2, 0) is 19.1 Å². The highest BCUT2D eigenvalue weighted by molar-refractivity contribution is 5.83. The van der Waals surface area contributed by atoms with Gasteiger partial charge in [0.25, 0.3) is 0 Å². The van der Waals surface area contributed by atoms with Crippen LogP contribution < -0.4 is 10.6 Å². The van der Waals surface area contributed by atoms with Gasteiger partial charge in [-0.2, -0.15) is 0 Å². The average molecular weight is 501 g/mol. The molecule has 0 spiro atoms. The van der Waals surface area contributed by atoms with E-state index in [-0.39, 0.29) is 24.8 Å². The summed E-state index contributed by atoms with van der Waals surface area (Å²) in [7, 11) is 0. The van der Waals surface area contributed by atoms with E-state index < -0.39 is 24.1 Å². The number of amides is 2. The van der Waals surface area contributed by atoms with Crippen LogP contribution >= 0.6 is 0 Å². The number of ether oxygens (including phenoxy) is 1. The first-order valence-electron chi connectivity index (χ1n) is 13.1. The normalized spacial score (nSPS) is 26.2. The number of hydrogen-bond donors (Lipinski definition) is 3. The first kappa shape index (κ1) is 31.1. The number of nitrogens with one attached hydrogen (secondary N) is 2. The van der Waals surface area contributed by atoms with Gasteiger partial charge < -0.3 is 20.5 Å². The van der Waals surface area contributed by atoms with Gasteiger partial charge >= 0.3 is 5.97 Å². The minimum absolute atomic E-state index is 0.0709. The van der Waals surface area contributed by atoms with Crippen LogP contribution in [0.3, 0.4) is 0 Å². The molecule has 0 fully saturated rings. The number of aliphatic hydroxyl groups is 1. The molecule has 0 saturated heterocycles. The highest BCUT2D eigenvalue weighted by atomic mass is 16.5. The van der Waals surface area contributed by atoms with Crippen molar-refractivity contribution in [2.75, 3.05) is 13.1 Å². The summed E-state index contributed by atoms with van der Waals surface area (Å²) in [5, 5.41) is 15.8. The fourth-order valence-electron chi connectivity index (χ4n) is 3.45. The van der Waals surface area contributed by atoms with Gasteiger partial charge in [-0.05, 0) is 31.8 Å². The Hall–Kier alpha value is -2.93. The first-order chi connectivity index (χ1) is 17.3. The van der Waals surface area contributed by atoms with Crippen molar-refractivity contribution >= 4 is 17.8 Å². The molecule has 7 nitrogen and oxygen atoms in total. The molecule has 0 aliphatic carbocycles. The zero-order valence-corrected chi connectivity index (χ0v) is 22.1. The van der Waals surface area contributed by atoms with Crippen LogP contribution in [0.2, 0.25) is 0 Å². The molecular formula is C29H44N2O5. The van der Waals surface area contributed by atoms with Gasteiger partial charge in [-0.3, -0.25) is 9.59 Å². The maximum Gasteiger partial charge on any atom is 0.331 e. The van der Waals surface area contributed by atoms with Crippen LogP contribution in [0.15, 0.2) is 60.3 Å². The molecule has 0 aromatic rings. The Bertz CT molecular complexity index is 826. The lowest BCUT2D eigenvalue weighted by Gasteiger charge is -2.21. The maximum atomic E-state index is 12.6. The third-order valence-electron chi connectivity index (χ3n) is 5.92. The molecule has 3 atom stereocenters. The Morgan fingerprint density at radius 2 is 1.83 bits per heavy atom. The van der Waals surface area contributed by atoms with E-state index in [9.17, 15) is 19.5 Å². The molecular weight excluding hydrogens is 456 g/mol. The van der Waals surface area contributed by atoms with Gasteiger partial charge in [0.1, 0.15) is 6.10 Å². The summed E-state index contributed by atoms with van der Waals surface area (Å²) in [6, 6.07) is 0. The summed E-state index contributed by atoms with van der Waals surface area (Å²) in [6.07, 6.45) is 21.8. The number of rotatable bonds is 8. The van der Waals surface area contributed by atoms with Gasteiger partial charge in [-0.25, -0.2) is 4.79 Å². The second-order valence-electron chi connectivity index (χ2n) is 9.08. The molecule has 3 N–H and O–H groups in total. The van der Waals surface area contributed by atoms with Crippen LogP contribution in [0.4, 0.5) is 0 Å². The molecule has 1 aliphatic heterocycles. The van der Waals surface area contributed by atoms with Crippen molar-refractivity contribution in [1.82, 2.24) is 10.6 Å². The van der Waals surface area contributed by atoms with E-state index in [1.807, 2.05) is 31.2 Å². The molecule has 7 heteroatoms. The van der Waals surface area contributed by atoms with Gasteiger partial charge in [-0.15, -0.1) is 0 Å². The third-order valence-corrected chi connectivity index (χ3v) is 5.92. The fourth-order valence-corrected chi connectivity index (χ4v) is 3.45. The van der Waals surface area contributed by atoms with Crippen molar-refractivity contribution in [3.8, 4) is 0 Å². The molecule has 200 valence electrons. The van der Waals surface area contributed by atoms with Crippen LogP contribution in [0, 0.1) is 5.92 Å². The summed E-state index contributed by atoms with van der Waals surface area (Å²) in [6.45, 7) is 6.01. The van der Waals surface area contributed by atoms with Crippen molar-refractivity contribution in [1.29, 1.82) is 0 Å². The first-order valence-corrected chi connectivity index (χ1v) is 13.1.